The zero-order valence-corrected chi connectivity index (χ0v) is 15.4. The molecule has 0 saturated heterocycles. The van der Waals surface area contributed by atoms with Gasteiger partial charge in [0.1, 0.15) is 17.8 Å². The van der Waals surface area contributed by atoms with Gasteiger partial charge in [0.15, 0.2) is 0 Å². The summed E-state index contributed by atoms with van der Waals surface area (Å²) < 4.78 is 18.4. The van der Waals surface area contributed by atoms with Crippen molar-refractivity contribution in [3.8, 4) is 0 Å². The molecule has 0 amide bonds. The second kappa shape index (κ2) is 8.88. The number of methoxy groups -OCH3 is 1. The quantitative estimate of drug-likeness (QED) is 0.461. The molecule has 27 heavy (non-hydrogen) atoms. The summed E-state index contributed by atoms with van der Waals surface area (Å²) in [6, 6.07) is 9.16. The van der Waals surface area contributed by atoms with Gasteiger partial charge in [0, 0.05) is 11.9 Å². The highest BCUT2D eigenvalue weighted by atomic mass is 19.1. The average Bonchev–Trinajstić information content (AvgIpc) is 2.68. The van der Waals surface area contributed by atoms with Crippen LogP contribution >= 0.6 is 0 Å². The van der Waals surface area contributed by atoms with Gasteiger partial charge >= 0.3 is 5.97 Å². The van der Waals surface area contributed by atoms with Gasteiger partial charge in [-0.05, 0) is 50.2 Å². The smallest absolute Gasteiger partial charge is 0.337 e. The lowest BCUT2D eigenvalue weighted by atomic mass is 10.1. The Kier molecular flexibility index (Phi) is 6.59. The number of carbonyl (C=O) groups is 1. The van der Waals surface area contributed by atoms with Crippen molar-refractivity contribution in [3.63, 3.8) is 0 Å². The molecule has 8 heteroatoms. The molecule has 2 aromatic rings. The van der Waals surface area contributed by atoms with Crippen LogP contribution in [-0.2, 0) is 4.74 Å². The maximum Gasteiger partial charge on any atom is 0.337 e. The third kappa shape index (κ3) is 4.66. The summed E-state index contributed by atoms with van der Waals surface area (Å²) in [5.74, 6) is 0.0413. The summed E-state index contributed by atoms with van der Waals surface area (Å²) in [5.41, 5.74) is 7.38. The van der Waals surface area contributed by atoms with Gasteiger partial charge in [-0.2, -0.15) is 0 Å². The Morgan fingerprint density at radius 3 is 2.52 bits per heavy atom. The number of hydrogen-bond donors (Lipinski definition) is 2. The van der Waals surface area contributed by atoms with Crippen LogP contribution in [0.25, 0.3) is 0 Å². The van der Waals surface area contributed by atoms with Crippen molar-refractivity contribution in [2.24, 2.45) is 4.99 Å². The molecular formula is C19H22FN5O2. The minimum absolute atomic E-state index is 0.216. The molecule has 0 saturated carbocycles. The fourth-order valence-electron chi connectivity index (χ4n) is 2.30. The number of aromatic nitrogens is 1. The van der Waals surface area contributed by atoms with Crippen molar-refractivity contribution in [1.82, 2.24) is 4.98 Å². The molecule has 0 aliphatic carbocycles. The molecule has 0 fully saturated rings. The molecule has 0 radical (unpaired) electrons. The first-order valence-electron chi connectivity index (χ1n) is 8.30. The number of rotatable bonds is 6. The van der Waals surface area contributed by atoms with Gasteiger partial charge in [-0.3, -0.25) is 15.3 Å². The van der Waals surface area contributed by atoms with Gasteiger partial charge in [0.05, 0.1) is 30.6 Å². The Morgan fingerprint density at radius 2 is 2.00 bits per heavy atom. The normalized spacial score (nSPS) is 13.6. The molecule has 2 atom stereocenters. The first kappa shape index (κ1) is 20.0. The third-order valence-electron chi connectivity index (χ3n) is 3.99. The second-order valence-electron chi connectivity index (χ2n) is 5.84. The topological polar surface area (TPSA) is 105 Å². The number of nitrogen functional groups attached to an aromatic ring is 1. The molecule has 3 N–H and O–H groups in total. The van der Waals surface area contributed by atoms with Crippen LogP contribution in [0.1, 0.15) is 29.8 Å². The van der Waals surface area contributed by atoms with E-state index in [1.807, 2.05) is 0 Å². The highest BCUT2D eigenvalue weighted by Gasteiger charge is 2.20. The number of nitrogens with two attached hydrogens (primary N) is 1. The van der Waals surface area contributed by atoms with E-state index < -0.39 is 18.2 Å². The van der Waals surface area contributed by atoms with E-state index >= 15 is 0 Å². The van der Waals surface area contributed by atoms with E-state index in [1.54, 1.807) is 43.3 Å². The van der Waals surface area contributed by atoms with Gasteiger partial charge in [0.25, 0.3) is 0 Å². The Morgan fingerprint density at radius 1 is 1.33 bits per heavy atom. The number of anilines is 2. The van der Waals surface area contributed by atoms with Gasteiger partial charge in [-0.1, -0.05) is 0 Å². The molecular weight excluding hydrogens is 349 g/mol. The number of ether oxygens (including phenoxy) is 1. The van der Waals surface area contributed by atoms with Crippen LogP contribution in [0.2, 0.25) is 0 Å². The monoisotopic (exact) mass is 371 g/mol. The van der Waals surface area contributed by atoms with Crippen molar-refractivity contribution in [2.75, 3.05) is 17.7 Å². The van der Waals surface area contributed by atoms with E-state index in [1.165, 1.54) is 25.1 Å². The van der Waals surface area contributed by atoms with Crippen LogP contribution in [-0.4, -0.2) is 42.5 Å². The Balaban J connectivity index is 2.53. The highest BCUT2D eigenvalue weighted by Crippen LogP contribution is 2.21. The molecule has 0 aliphatic heterocycles. The Labute approximate surface area is 157 Å². The van der Waals surface area contributed by atoms with Crippen molar-refractivity contribution in [1.29, 1.82) is 5.41 Å². The first-order valence-corrected chi connectivity index (χ1v) is 8.30. The Hall–Kier alpha value is -3.29. The van der Waals surface area contributed by atoms with Gasteiger partial charge in [0.2, 0.25) is 0 Å². The van der Waals surface area contributed by atoms with E-state index in [2.05, 4.69) is 14.7 Å². The molecule has 142 valence electrons. The van der Waals surface area contributed by atoms with Gasteiger partial charge < -0.3 is 10.5 Å². The predicted molar refractivity (Wildman–Crippen MR) is 104 cm³/mol. The standard InChI is InChI=1S/C19H22FN5O2/c1-12(20)13(2)24-18(16-5-4-10-23-17(16)22)25(11-21)15-8-6-14(7-9-15)19(26)27-3/h4-13,21H,1-3H3,(H2,22,23)/t12?,13-/m0/s1. The van der Waals surface area contributed by atoms with Gasteiger partial charge in [-0.25, -0.2) is 14.2 Å². The van der Waals surface area contributed by atoms with Crippen molar-refractivity contribution >= 4 is 29.6 Å². The third-order valence-corrected chi connectivity index (χ3v) is 3.99. The fraction of sp³-hybridized carbons (Fsp3) is 0.263. The van der Waals surface area contributed by atoms with E-state index in [0.29, 0.717) is 22.6 Å². The van der Waals surface area contributed by atoms with Crippen LogP contribution in [0.5, 0.6) is 0 Å². The van der Waals surface area contributed by atoms with Gasteiger partial charge in [-0.15, -0.1) is 0 Å². The zero-order valence-electron chi connectivity index (χ0n) is 15.4. The Bertz CT molecular complexity index is 836. The van der Waals surface area contributed by atoms with E-state index in [-0.39, 0.29) is 5.82 Å². The number of aliphatic imine (C=N–C) groups is 1. The summed E-state index contributed by atoms with van der Waals surface area (Å²) in [6.45, 7) is 3.05. The number of halogens is 1. The largest absolute Gasteiger partial charge is 0.465 e. The molecule has 1 aromatic heterocycles. The van der Waals surface area contributed by atoms with Crippen molar-refractivity contribution < 1.29 is 13.9 Å². The van der Waals surface area contributed by atoms with Crippen LogP contribution in [0, 0.1) is 5.41 Å². The van der Waals surface area contributed by atoms with Crippen LogP contribution in [0.4, 0.5) is 15.9 Å². The van der Waals surface area contributed by atoms with Crippen LogP contribution in [0.3, 0.4) is 0 Å². The number of nitrogens with one attached hydrogen (secondary N) is 1. The number of hydrogen-bond acceptors (Lipinski definition) is 6. The molecule has 2 rings (SSSR count). The number of benzene rings is 1. The number of pyridine rings is 1. The molecule has 7 nitrogen and oxygen atoms in total. The summed E-state index contributed by atoms with van der Waals surface area (Å²) in [4.78, 5) is 21.5. The lowest BCUT2D eigenvalue weighted by Crippen LogP contribution is -2.33. The lowest BCUT2D eigenvalue weighted by molar-refractivity contribution is 0.0601. The summed E-state index contributed by atoms with van der Waals surface area (Å²) in [5, 5.41) is 7.85. The number of nitrogens with zero attached hydrogens (tertiary/aromatic N) is 3. The minimum Gasteiger partial charge on any atom is -0.465 e. The fourth-order valence-corrected chi connectivity index (χ4v) is 2.30. The number of esters is 1. The minimum atomic E-state index is -1.19. The predicted octanol–water partition coefficient (Wildman–Crippen LogP) is 3.06. The highest BCUT2D eigenvalue weighted by molar-refractivity contribution is 6.20. The number of alkyl halides is 1. The van der Waals surface area contributed by atoms with E-state index in [0.717, 1.165) is 6.34 Å². The van der Waals surface area contributed by atoms with E-state index in [4.69, 9.17) is 11.1 Å². The number of amidine groups is 1. The molecule has 1 heterocycles. The summed E-state index contributed by atoms with van der Waals surface area (Å²) in [6.07, 6.45) is 1.40. The van der Waals surface area contributed by atoms with Crippen molar-refractivity contribution in [3.05, 3.63) is 53.7 Å². The van der Waals surface area contributed by atoms with Crippen LogP contribution < -0.4 is 10.6 Å². The van der Waals surface area contributed by atoms with E-state index in [9.17, 15) is 9.18 Å². The second-order valence-corrected chi connectivity index (χ2v) is 5.84. The molecule has 1 unspecified atom stereocenters. The molecule has 0 bridgehead atoms. The summed E-state index contributed by atoms with van der Waals surface area (Å²) in [7, 11) is 1.30. The summed E-state index contributed by atoms with van der Waals surface area (Å²) >= 11 is 0. The zero-order chi connectivity index (χ0) is 20.0. The maximum absolute atomic E-state index is 13.7. The molecule has 1 aromatic carbocycles. The number of carbonyl (C=O) groups excluding carboxylic acids is 1. The average molecular weight is 371 g/mol. The first-order chi connectivity index (χ1) is 12.9. The lowest BCUT2D eigenvalue weighted by Gasteiger charge is -2.24. The van der Waals surface area contributed by atoms with Crippen molar-refractivity contribution in [2.45, 2.75) is 26.1 Å². The van der Waals surface area contributed by atoms with Crippen LogP contribution in [0.15, 0.2) is 47.6 Å². The molecule has 0 aliphatic rings. The maximum atomic E-state index is 13.7. The molecule has 0 spiro atoms. The SMILES string of the molecule is COC(=O)c1ccc(N(C=N)C(=N[C@@H](C)C(C)F)c2cccnc2N)cc1.